The van der Waals surface area contributed by atoms with Crippen LogP contribution in [0.2, 0.25) is 0 Å². The fraction of sp³-hybridized carbons (Fsp3) is 0.923. The minimum Gasteiger partial charge on any atom is -0.198 e. The molecular weight excluding hydrogens is 202 g/mol. The van der Waals surface area contributed by atoms with E-state index in [-0.39, 0.29) is 0 Å². The van der Waals surface area contributed by atoms with Gasteiger partial charge in [-0.05, 0) is 37.4 Å². The fourth-order valence-electron chi connectivity index (χ4n) is 2.88. The molecule has 84 valence electrons. The van der Waals surface area contributed by atoms with Crippen molar-refractivity contribution in [3.63, 3.8) is 0 Å². The molecule has 0 amide bonds. The molecule has 2 unspecified atom stereocenters. The van der Waals surface area contributed by atoms with E-state index in [0.717, 1.165) is 12.3 Å². The summed E-state index contributed by atoms with van der Waals surface area (Å²) in [4.78, 5) is 0. The van der Waals surface area contributed by atoms with Crippen molar-refractivity contribution in [2.75, 3.05) is 5.75 Å². The van der Waals surface area contributed by atoms with Crippen molar-refractivity contribution < 1.29 is 0 Å². The second kappa shape index (κ2) is 5.80. The van der Waals surface area contributed by atoms with Crippen LogP contribution in [0.5, 0.6) is 0 Å². The Balaban J connectivity index is 1.74. The largest absolute Gasteiger partial charge is 0.198 e. The van der Waals surface area contributed by atoms with Crippen LogP contribution in [0.15, 0.2) is 0 Å². The first-order valence-electron chi connectivity index (χ1n) is 6.41. The van der Waals surface area contributed by atoms with Crippen molar-refractivity contribution >= 4 is 11.8 Å². The maximum atomic E-state index is 9.09. The quantitative estimate of drug-likeness (QED) is 0.722. The van der Waals surface area contributed by atoms with E-state index in [9.17, 15) is 0 Å². The summed E-state index contributed by atoms with van der Waals surface area (Å²) in [6.45, 7) is 0. The summed E-state index contributed by atoms with van der Waals surface area (Å²) in [5.74, 6) is 2.64. The highest BCUT2D eigenvalue weighted by Crippen LogP contribution is 2.36. The SMILES string of the molecule is N#CC1CCCCC1SCC1CCCC1. The molecule has 2 saturated carbocycles. The van der Waals surface area contributed by atoms with Gasteiger partial charge in [-0.2, -0.15) is 17.0 Å². The number of hydrogen-bond donors (Lipinski definition) is 0. The van der Waals surface area contributed by atoms with Crippen molar-refractivity contribution in [3.05, 3.63) is 0 Å². The van der Waals surface area contributed by atoms with Crippen molar-refractivity contribution in [3.8, 4) is 6.07 Å². The van der Waals surface area contributed by atoms with Crippen molar-refractivity contribution in [1.82, 2.24) is 0 Å². The Morgan fingerprint density at radius 1 is 1.00 bits per heavy atom. The molecule has 0 aromatic carbocycles. The molecule has 2 fully saturated rings. The summed E-state index contributed by atoms with van der Waals surface area (Å²) in [6, 6.07) is 2.51. The summed E-state index contributed by atoms with van der Waals surface area (Å²) in [5, 5.41) is 9.75. The highest BCUT2D eigenvalue weighted by Gasteiger charge is 2.26. The van der Waals surface area contributed by atoms with Gasteiger partial charge in [0.2, 0.25) is 0 Å². The van der Waals surface area contributed by atoms with E-state index >= 15 is 0 Å². The van der Waals surface area contributed by atoms with Gasteiger partial charge in [-0.1, -0.05) is 25.7 Å². The molecule has 0 N–H and O–H groups in total. The first-order chi connectivity index (χ1) is 7.40. The maximum Gasteiger partial charge on any atom is 0.0667 e. The molecule has 0 heterocycles. The molecular formula is C13H21NS. The van der Waals surface area contributed by atoms with Crippen LogP contribution in [-0.4, -0.2) is 11.0 Å². The van der Waals surface area contributed by atoms with E-state index in [1.807, 2.05) is 0 Å². The van der Waals surface area contributed by atoms with Gasteiger partial charge in [0, 0.05) is 5.25 Å². The second-order valence-electron chi connectivity index (χ2n) is 5.04. The molecule has 0 aromatic rings. The lowest BCUT2D eigenvalue weighted by atomic mass is 9.90. The van der Waals surface area contributed by atoms with Crippen molar-refractivity contribution in [2.24, 2.45) is 11.8 Å². The van der Waals surface area contributed by atoms with Crippen molar-refractivity contribution in [1.29, 1.82) is 5.26 Å². The lowest BCUT2D eigenvalue weighted by Crippen LogP contribution is -2.21. The molecule has 2 rings (SSSR count). The van der Waals surface area contributed by atoms with E-state index in [4.69, 9.17) is 5.26 Å². The predicted octanol–water partition coefficient (Wildman–Crippen LogP) is 3.99. The molecule has 2 aliphatic rings. The molecule has 0 spiro atoms. The van der Waals surface area contributed by atoms with Crippen LogP contribution < -0.4 is 0 Å². The van der Waals surface area contributed by atoms with Gasteiger partial charge in [0.15, 0.2) is 0 Å². The number of nitrogens with zero attached hydrogens (tertiary/aromatic N) is 1. The molecule has 0 saturated heterocycles. The third kappa shape index (κ3) is 3.14. The van der Waals surface area contributed by atoms with Crippen LogP contribution >= 0.6 is 11.8 Å². The third-order valence-electron chi connectivity index (χ3n) is 3.89. The van der Waals surface area contributed by atoms with Gasteiger partial charge in [-0.3, -0.25) is 0 Å². The zero-order chi connectivity index (χ0) is 10.5. The molecule has 2 heteroatoms. The standard InChI is InChI=1S/C13H21NS/c14-9-12-7-3-4-8-13(12)15-10-11-5-1-2-6-11/h11-13H,1-8,10H2. The van der Waals surface area contributed by atoms with Crippen LogP contribution in [0.3, 0.4) is 0 Å². The highest BCUT2D eigenvalue weighted by molar-refractivity contribution is 7.99. The van der Waals surface area contributed by atoms with Gasteiger partial charge in [0.1, 0.15) is 0 Å². The third-order valence-corrected chi connectivity index (χ3v) is 5.55. The van der Waals surface area contributed by atoms with E-state index in [2.05, 4.69) is 17.8 Å². The molecule has 0 radical (unpaired) electrons. The minimum absolute atomic E-state index is 0.352. The maximum absolute atomic E-state index is 9.09. The normalized spacial score (nSPS) is 32.7. The van der Waals surface area contributed by atoms with Crippen molar-refractivity contribution in [2.45, 2.75) is 56.6 Å². The Hall–Kier alpha value is -0.160. The number of hydrogen-bond acceptors (Lipinski definition) is 2. The molecule has 15 heavy (non-hydrogen) atoms. The first kappa shape index (κ1) is 11.3. The fourth-order valence-corrected chi connectivity index (χ4v) is 4.50. The van der Waals surface area contributed by atoms with Gasteiger partial charge in [0.25, 0.3) is 0 Å². The Morgan fingerprint density at radius 3 is 2.40 bits per heavy atom. The Bertz CT molecular complexity index is 227. The van der Waals surface area contributed by atoms with Crippen LogP contribution in [0.1, 0.15) is 51.4 Å². The second-order valence-corrected chi connectivity index (χ2v) is 6.31. The zero-order valence-corrected chi connectivity index (χ0v) is 10.3. The van der Waals surface area contributed by atoms with E-state index in [1.54, 1.807) is 0 Å². The summed E-state index contributed by atoms with van der Waals surface area (Å²) in [5.41, 5.74) is 0. The average Bonchev–Trinajstić information content (AvgIpc) is 2.79. The first-order valence-corrected chi connectivity index (χ1v) is 7.46. The molecule has 0 aliphatic heterocycles. The van der Waals surface area contributed by atoms with Gasteiger partial charge < -0.3 is 0 Å². The Kier molecular flexibility index (Phi) is 4.38. The highest BCUT2D eigenvalue weighted by atomic mass is 32.2. The lowest BCUT2D eigenvalue weighted by Gasteiger charge is -2.27. The van der Waals surface area contributed by atoms with E-state index < -0.39 is 0 Å². The topological polar surface area (TPSA) is 23.8 Å². The van der Waals surface area contributed by atoms with E-state index in [0.29, 0.717) is 11.2 Å². The molecule has 2 atom stereocenters. The van der Waals surface area contributed by atoms with Crippen LogP contribution in [0.4, 0.5) is 0 Å². The summed E-state index contributed by atoms with van der Waals surface area (Å²) in [6.07, 6.45) is 10.8. The molecule has 0 bridgehead atoms. The lowest BCUT2D eigenvalue weighted by molar-refractivity contribution is 0.438. The Morgan fingerprint density at radius 2 is 1.67 bits per heavy atom. The summed E-state index contributed by atoms with van der Waals surface area (Å²) >= 11 is 2.10. The van der Waals surface area contributed by atoms with Gasteiger partial charge in [0.05, 0.1) is 12.0 Å². The smallest absolute Gasteiger partial charge is 0.0667 e. The van der Waals surface area contributed by atoms with Gasteiger partial charge >= 0.3 is 0 Å². The van der Waals surface area contributed by atoms with Gasteiger partial charge in [-0.15, -0.1) is 0 Å². The minimum atomic E-state index is 0.352. The van der Waals surface area contributed by atoms with Crippen LogP contribution in [0.25, 0.3) is 0 Å². The number of rotatable bonds is 3. The summed E-state index contributed by atoms with van der Waals surface area (Å²) < 4.78 is 0. The molecule has 1 nitrogen and oxygen atoms in total. The Labute approximate surface area is 97.6 Å². The monoisotopic (exact) mass is 223 g/mol. The average molecular weight is 223 g/mol. The predicted molar refractivity (Wildman–Crippen MR) is 65.8 cm³/mol. The molecule has 2 aliphatic carbocycles. The molecule has 0 aromatic heterocycles. The van der Waals surface area contributed by atoms with Crippen LogP contribution in [-0.2, 0) is 0 Å². The van der Waals surface area contributed by atoms with Gasteiger partial charge in [-0.25, -0.2) is 0 Å². The van der Waals surface area contributed by atoms with Crippen LogP contribution in [0, 0.1) is 23.2 Å². The van der Waals surface area contributed by atoms with E-state index in [1.165, 1.54) is 50.7 Å². The zero-order valence-electron chi connectivity index (χ0n) is 9.45. The summed E-state index contributed by atoms with van der Waals surface area (Å²) in [7, 11) is 0. The number of thioether (sulfide) groups is 1. The number of nitriles is 1.